The van der Waals surface area contributed by atoms with Crippen molar-refractivity contribution in [2.45, 2.75) is 13.0 Å². The van der Waals surface area contributed by atoms with Crippen molar-refractivity contribution in [3.63, 3.8) is 0 Å². The van der Waals surface area contributed by atoms with E-state index in [1.165, 1.54) is 43.3 Å². The van der Waals surface area contributed by atoms with Crippen molar-refractivity contribution in [1.29, 1.82) is 0 Å². The molecular formula is C16H13ClN2O5. The number of hydrogen-bond acceptors (Lipinski definition) is 5. The van der Waals surface area contributed by atoms with Crippen molar-refractivity contribution in [2.24, 2.45) is 0 Å². The summed E-state index contributed by atoms with van der Waals surface area (Å²) in [4.78, 5) is 34.1. The molecule has 0 aromatic heterocycles. The van der Waals surface area contributed by atoms with Crippen LogP contribution in [0.1, 0.15) is 17.3 Å². The summed E-state index contributed by atoms with van der Waals surface area (Å²) in [5, 5.41) is 13.5. The predicted molar refractivity (Wildman–Crippen MR) is 88.1 cm³/mol. The van der Waals surface area contributed by atoms with Crippen LogP contribution in [0.5, 0.6) is 0 Å². The van der Waals surface area contributed by atoms with E-state index in [2.05, 4.69) is 5.32 Å². The monoisotopic (exact) mass is 348 g/mol. The van der Waals surface area contributed by atoms with Gasteiger partial charge < -0.3 is 10.1 Å². The summed E-state index contributed by atoms with van der Waals surface area (Å²) in [6.07, 6.45) is -1.09. The second kappa shape index (κ2) is 7.56. The zero-order valence-electron chi connectivity index (χ0n) is 12.6. The van der Waals surface area contributed by atoms with Crippen LogP contribution in [0, 0.1) is 10.1 Å². The van der Waals surface area contributed by atoms with Crippen molar-refractivity contribution in [3.8, 4) is 0 Å². The van der Waals surface area contributed by atoms with Gasteiger partial charge in [-0.1, -0.05) is 23.7 Å². The summed E-state index contributed by atoms with van der Waals surface area (Å²) >= 11 is 5.79. The largest absolute Gasteiger partial charge is 0.449 e. The molecule has 0 aliphatic carbocycles. The van der Waals surface area contributed by atoms with Gasteiger partial charge in [-0.3, -0.25) is 14.9 Å². The normalized spacial score (nSPS) is 11.4. The predicted octanol–water partition coefficient (Wildman–Crippen LogP) is 3.43. The van der Waals surface area contributed by atoms with Gasteiger partial charge in [0.1, 0.15) is 0 Å². The molecule has 8 heteroatoms. The first kappa shape index (κ1) is 17.4. The van der Waals surface area contributed by atoms with Gasteiger partial charge in [0.25, 0.3) is 11.6 Å². The van der Waals surface area contributed by atoms with Crippen molar-refractivity contribution in [1.82, 2.24) is 0 Å². The number of halogens is 1. The molecule has 2 rings (SSSR count). The number of hydrogen-bond donors (Lipinski definition) is 1. The van der Waals surface area contributed by atoms with Crippen molar-refractivity contribution in [2.75, 3.05) is 5.32 Å². The minimum atomic E-state index is -1.09. The summed E-state index contributed by atoms with van der Waals surface area (Å²) in [5.41, 5.74) is 0.300. The van der Waals surface area contributed by atoms with Crippen LogP contribution in [-0.2, 0) is 9.53 Å². The fraction of sp³-hybridized carbons (Fsp3) is 0.125. The number of amides is 1. The third kappa shape index (κ3) is 4.53. The van der Waals surface area contributed by atoms with E-state index in [1.807, 2.05) is 0 Å². The molecule has 1 N–H and O–H groups in total. The molecule has 2 aromatic carbocycles. The molecule has 0 bridgehead atoms. The summed E-state index contributed by atoms with van der Waals surface area (Å²) < 4.78 is 5.06. The molecule has 0 radical (unpaired) electrons. The lowest BCUT2D eigenvalue weighted by Crippen LogP contribution is -2.30. The van der Waals surface area contributed by atoms with Gasteiger partial charge in [0.2, 0.25) is 0 Å². The van der Waals surface area contributed by atoms with Crippen LogP contribution in [0.25, 0.3) is 0 Å². The molecule has 0 saturated carbocycles. The van der Waals surface area contributed by atoms with Crippen molar-refractivity contribution < 1.29 is 19.2 Å². The number of carbonyl (C=O) groups is 2. The van der Waals surface area contributed by atoms with E-state index < -0.39 is 22.9 Å². The minimum Gasteiger partial charge on any atom is -0.449 e. The lowest BCUT2D eigenvalue weighted by atomic mass is 10.2. The first-order valence-corrected chi connectivity index (χ1v) is 7.26. The van der Waals surface area contributed by atoms with Crippen LogP contribution in [0.15, 0.2) is 48.5 Å². The second-order valence-electron chi connectivity index (χ2n) is 4.85. The molecule has 0 heterocycles. The summed E-state index contributed by atoms with van der Waals surface area (Å²) in [6, 6.07) is 11.6. The van der Waals surface area contributed by atoms with Crippen LogP contribution in [0.4, 0.5) is 11.4 Å². The maximum atomic E-state index is 12.0. The van der Waals surface area contributed by atoms with E-state index in [0.29, 0.717) is 5.02 Å². The Morgan fingerprint density at radius 3 is 2.58 bits per heavy atom. The van der Waals surface area contributed by atoms with Crippen LogP contribution >= 0.6 is 11.6 Å². The van der Waals surface area contributed by atoms with Gasteiger partial charge in [-0.25, -0.2) is 4.79 Å². The SMILES string of the molecule is CC(OC(=O)c1cccc(Cl)c1)C(=O)Nc1cccc([N+](=O)[O-])c1. The number of ether oxygens (including phenoxy) is 1. The molecule has 1 atom stereocenters. The molecule has 0 fully saturated rings. The van der Waals surface area contributed by atoms with E-state index in [-0.39, 0.29) is 16.9 Å². The average molecular weight is 349 g/mol. The summed E-state index contributed by atoms with van der Waals surface area (Å²) in [5.74, 6) is -1.30. The zero-order chi connectivity index (χ0) is 17.7. The third-order valence-corrected chi connectivity index (χ3v) is 3.27. The molecule has 0 aliphatic rings. The molecule has 0 saturated heterocycles. The second-order valence-corrected chi connectivity index (χ2v) is 5.29. The fourth-order valence-corrected chi connectivity index (χ4v) is 2.03. The molecule has 0 spiro atoms. The Morgan fingerprint density at radius 1 is 1.21 bits per heavy atom. The first-order valence-electron chi connectivity index (χ1n) is 6.88. The van der Waals surface area contributed by atoms with E-state index in [0.717, 1.165) is 0 Å². The minimum absolute atomic E-state index is 0.156. The average Bonchev–Trinajstić information content (AvgIpc) is 2.54. The van der Waals surface area contributed by atoms with Gasteiger partial charge in [-0.05, 0) is 31.2 Å². The number of nitro benzene ring substituents is 1. The number of benzene rings is 2. The van der Waals surface area contributed by atoms with Gasteiger partial charge in [-0.15, -0.1) is 0 Å². The number of carbonyl (C=O) groups excluding carboxylic acids is 2. The number of nitrogens with zero attached hydrogens (tertiary/aromatic N) is 1. The Bertz CT molecular complexity index is 794. The molecule has 0 aliphatic heterocycles. The molecule has 124 valence electrons. The van der Waals surface area contributed by atoms with E-state index in [1.54, 1.807) is 12.1 Å². The van der Waals surface area contributed by atoms with Crippen LogP contribution < -0.4 is 5.32 Å². The zero-order valence-corrected chi connectivity index (χ0v) is 13.3. The van der Waals surface area contributed by atoms with Gasteiger partial charge in [-0.2, -0.15) is 0 Å². The number of nitrogens with one attached hydrogen (secondary N) is 1. The molecule has 1 unspecified atom stereocenters. The van der Waals surface area contributed by atoms with Gasteiger partial charge in [0.05, 0.1) is 10.5 Å². The summed E-state index contributed by atoms with van der Waals surface area (Å²) in [6.45, 7) is 1.40. The van der Waals surface area contributed by atoms with Crippen molar-refractivity contribution in [3.05, 3.63) is 69.2 Å². The topological polar surface area (TPSA) is 98.5 Å². The highest BCUT2D eigenvalue weighted by atomic mass is 35.5. The quantitative estimate of drug-likeness (QED) is 0.507. The lowest BCUT2D eigenvalue weighted by Gasteiger charge is -2.13. The van der Waals surface area contributed by atoms with E-state index in [4.69, 9.17) is 16.3 Å². The summed E-state index contributed by atoms with van der Waals surface area (Å²) in [7, 11) is 0. The highest BCUT2D eigenvalue weighted by molar-refractivity contribution is 6.30. The number of rotatable bonds is 5. The van der Waals surface area contributed by atoms with Gasteiger partial charge in [0, 0.05) is 22.8 Å². The Morgan fingerprint density at radius 2 is 1.92 bits per heavy atom. The lowest BCUT2D eigenvalue weighted by molar-refractivity contribution is -0.384. The third-order valence-electron chi connectivity index (χ3n) is 3.04. The number of nitro groups is 1. The van der Waals surface area contributed by atoms with E-state index >= 15 is 0 Å². The Labute approximate surface area is 142 Å². The fourth-order valence-electron chi connectivity index (χ4n) is 1.84. The van der Waals surface area contributed by atoms with E-state index in [9.17, 15) is 19.7 Å². The first-order chi connectivity index (χ1) is 11.4. The number of esters is 1. The molecule has 7 nitrogen and oxygen atoms in total. The van der Waals surface area contributed by atoms with Crippen LogP contribution in [0.3, 0.4) is 0 Å². The molecular weight excluding hydrogens is 336 g/mol. The van der Waals surface area contributed by atoms with Crippen LogP contribution in [-0.4, -0.2) is 22.9 Å². The van der Waals surface area contributed by atoms with Crippen molar-refractivity contribution >= 4 is 34.9 Å². The highest BCUT2D eigenvalue weighted by Gasteiger charge is 2.19. The van der Waals surface area contributed by atoms with Crippen LogP contribution in [0.2, 0.25) is 5.02 Å². The number of non-ortho nitro benzene ring substituents is 1. The van der Waals surface area contributed by atoms with Gasteiger partial charge in [0.15, 0.2) is 6.10 Å². The molecule has 2 aromatic rings. The Kier molecular flexibility index (Phi) is 5.49. The highest BCUT2D eigenvalue weighted by Crippen LogP contribution is 2.18. The standard InChI is InChI=1S/C16H13ClN2O5/c1-10(24-16(21)11-4-2-5-12(17)8-11)15(20)18-13-6-3-7-14(9-13)19(22)23/h2-10H,1H3,(H,18,20). The maximum absolute atomic E-state index is 12.0. The van der Waals surface area contributed by atoms with Gasteiger partial charge >= 0.3 is 5.97 Å². The molecule has 1 amide bonds. The maximum Gasteiger partial charge on any atom is 0.338 e. The Balaban J connectivity index is 2.01. The number of anilines is 1. The smallest absolute Gasteiger partial charge is 0.338 e. The Hall–Kier alpha value is -2.93. The molecule has 24 heavy (non-hydrogen) atoms.